The minimum atomic E-state index is -1.03. The van der Waals surface area contributed by atoms with Gasteiger partial charge in [-0.05, 0) is 149 Å². The van der Waals surface area contributed by atoms with Gasteiger partial charge in [-0.3, -0.25) is 0 Å². The van der Waals surface area contributed by atoms with E-state index in [9.17, 15) is 20.1 Å². The zero-order valence-electron chi connectivity index (χ0n) is 33.6. The van der Waals surface area contributed by atoms with Crippen molar-refractivity contribution in [3.8, 4) is 5.75 Å². The zero-order chi connectivity index (χ0) is 38.2. The predicted molar refractivity (Wildman–Crippen MR) is 214 cm³/mol. The molecule has 0 radical (unpaired) electrons. The van der Waals surface area contributed by atoms with Crippen LogP contribution in [0.15, 0.2) is 36.4 Å². The molecule has 3 fully saturated rings. The lowest BCUT2D eigenvalue weighted by atomic mass is 9.64. The number of aliphatic hydroxyl groups excluding tert-OH is 3. The van der Waals surface area contributed by atoms with Crippen molar-refractivity contribution in [1.82, 2.24) is 0 Å². The summed E-state index contributed by atoms with van der Waals surface area (Å²) in [6.45, 7) is 13.9. The van der Waals surface area contributed by atoms with E-state index in [1.54, 1.807) is 13.8 Å². The highest BCUT2D eigenvalue weighted by Gasteiger charge is 2.35. The molecule has 0 aromatic heterocycles. The first-order chi connectivity index (χ1) is 25.6. The van der Waals surface area contributed by atoms with E-state index in [0.29, 0.717) is 49.5 Å². The van der Waals surface area contributed by atoms with E-state index in [1.165, 1.54) is 108 Å². The molecule has 3 saturated carbocycles. The molecule has 0 aliphatic heterocycles. The van der Waals surface area contributed by atoms with Crippen molar-refractivity contribution in [3.05, 3.63) is 53.1 Å². The van der Waals surface area contributed by atoms with Crippen molar-refractivity contribution in [2.24, 2.45) is 35.5 Å². The normalized spacial score (nSPS) is 25.6. The Kier molecular flexibility index (Phi) is 18.9. The Balaban J connectivity index is 1.40. The number of ether oxygens (including phenoxy) is 3. The smallest absolute Gasteiger partial charge is 0.333 e. The van der Waals surface area contributed by atoms with Crippen LogP contribution in [0, 0.1) is 35.5 Å². The lowest BCUT2D eigenvalue weighted by Gasteiger charge is -2.41. The summed E-state index contributed by atoms with van der Waals surface area (Å²) in [6.07, 6.45) is 22.7. The first-order valence-electron chi connectivity index (χ1n) is 21.4. The molecule has 0 bridgehead atoms. The van der Waals surface area contributed by atoms with Gasteiger partial charge in [0.1, 0.15) is 5.75 Å². The molecule has 1 aromatic rings. The van der Waals surface area contributed by atoms with Crippen molar-refractivity contribution < 1.29 is 34.3 Å². The summed E-state index contributed by atoms with van der Waals surface area (Å²) in [7, 11) is 0. The molecule has 3 aliphatic carbocycles. The molecule has 7 heteroatoms. The maximum atomic E-state index is 12.2. The highest BCUT2D eigenvalue weighted by molar-refractivity contribution is 5.86. The van der Waals surface area contributed by atoms with Crippen LogP contribution in [0.4, 0.5) is 0 Å². The predicted octanol–water partition coefficient (Wildman–Crippen LogP) is 9.64. The molecule has 0 spiro atoms. The van der Waals surface area contributed by atoms with E-state index in [0.717, 1.165) is 46.5 Å². The van der Waals surface area contributed by atoms with E-state index < -0.39 is 12.3 Å². The Labute approximate surface area is 322 Å². The highest BCUT2D eigenvalue weighted by atomic mass is 16.6. The molecule has 4 rings (SSSR count). The maximum Gasteiger partial charge on any atom is 0.333 e. The summed E-state index contributed by atoms with van der Waals surface area (Å²) < 4.78 is 17.6. The van der Waals surface area contributed by atoms with Crippen LogP contribution in [0.1, 0.15) is 153 Å². The third kappa shape index (κ3) is 13.8. The summed E-state index contributed by atoms with van der Waals surface area (Å²) >= 11 is 0. The van der Waals surface area contributed by atoms with Crippen LogP contribution in [0.2, 0.25) is 0 Å². The fraction of sp³-hybridized carbons (Fsp3) is 0.761. The standard InChI is InChI=1S/C46H74O7/c1-6-7-8-9-34-10-12-36(13-11-34)37-14-16-38(17-15-37)39-18-20-40(21-19-39)43-28-41(23-26-52-45(49)32(2)3)44(51-25-22-35(30-47)31-48)42(29-43)24-27-53-46(50)33(4)5/h28-29,34-40,45,47-49H,2,4,6-27,30-31H2,1,3,5H3. The SMILES string of the molecule is C=C(C)C(=O)OCCc1cc(C2CCC(C3CCC(C4CCC(CCCCC)CC4)CC3)CC2)cc(CCOC(O)C(=C)C)c1OCCC(CO)CO. The molecular weight excluding hydrogens is 664 g/mol. The second kappa shape index (κ2) is 23.0. The van der Waals surface area contributed by atoms with Gasteiger partial charge in [0, 0.05) is 31.1 Å². The van der Waals surface area contributed by atoms with Crippen LogP contribution in [-0.2, 0) is 27.1 Å². The van der Waals surface area contributed by atoms with Crippen LogP contribution < -0.4 is 4.74 Å². The number of esters is 1. The maximum absolute atomic E-state index is 12.2. The Morgan fingerprint density at radius 3 is 1.81 bits per heavy atom. The molecule has 0 saturated heterocycles. The van der Waals surface area contributed by atoms with Crippen LogP contribution in [0.5, 0.6) is 5.75 Å². The van der Waals surface area contributed by atoms with Gasteiger partial charge in [0.15, 0.2) is 6.29 Å². The highest BCUT2D eigenvalue weighted by Crippen LogP contribution is 2.48. The van der Waals surface area contributed by atoms with Crippen LogP contribution in [-0.4, -0.2) is 60.6 Å². The summed E-state index contributed by atoms with van der Waals surface area (Å²) in [5, 5.41) is 29.5. The topological polar surface area (TPSA) is 105 Å². The minimum absolute atomic E-state index is 0.105. The second-order valence-corrected chi connectivity index (χ2v) is 17.1. The van der Waals surface area contributed by atoms with Gasteiger partial charge < -0.3 is 29.5 Å². The summed E-state index contributed by atoms with van der Waals surface area (Å²) in [5.74, 6) is 5.17. The Morgan fingerprint density at radius 1 is 0.774 bits per heavy atom. The van der Waals surface area contributed by atoms with Crippen molar-refractivity contribution >= 4 is 5.97 Å². The summed E-state index contributed by atoms with van der Waals surface area (Å²) in [6, 6.07) is 4.51. The van der Waals surface area contributed by atoms with Gasteiger partial charge >= 0.3 is 5.97 Å². The third-order valence-corrected chi connectivity index (χ3v) is 13.1. The molecule has 0 amide bonds. The third-order valence-electron chi connectivity index (χ3n) is 13.1. The Morgan fingerprint density at radius 2 is 1.30 bits per heavy atom. The first kappa shape index (κ1) is 43.5. The van der Waals surface area contributed by atoms with E-state index in [2.05, 4.69) is 32.2 Å². The lowest BCUT2D eigenvalue weighted by Crippen LogP contribution is -2.29. The molecule has 3 aliphatic rings. The van der Waals surface area contributed by atoms with Gasteiger partial charge in [-0.1, -0.05) is 70.7 Å². The van der Waals surface area contributed by atoms with Gasteiger partial charge in [-0.2, -0.15) is 0 Å². The number of benzene rings is 1. The molecule has 1 unspecified atom stereocenters. The van der Waals surface area contributed by atoms with E-state index in [4.69, 9.17) is 14.2 Å². The largest absolute Gasteiger partial charge is 0.493 e. The Bertz CT molecular complexity index is 1250. The molecule has 53 heavy (non-hydrogen) atoms. The number of carbonyl (C=O) groups excluding carboxylic acids is 1. The molecule has 7 nitrogen and oxygen atoms in total. The number of hydrogen-bond acceptors (Lipinski definition) is 7. The molecule has 1 aromatic carbocycles. The zero-order valence-corrected chi connectivity index (χ0v) is 33.6. The van der Waals surface area contributed by atoms with E-state index in [1.807, 2.05) is 0 Å². The number of hydrogen-bond donors (Lipinski definition) is 3. The number of aliphatic hydroxyl groups is 3. The second-order valence-electron chi connectivity index (χ2n) is 17.1. The first-order valence-corrected chi connectivity index (χ1v) is 21.4. The Hall–Kier alpha value is -2.19. The molecular formula is C46H74O7. The fourth-order valence-corrected chi connectivity index (χ4v) is 9.58. The van der Waals surface area contributed by atoms with Crippen LogP contribution >= 0.6 is 0 Å². The molecule has 0 heterocycles. The van der Waals surface area contributed by atoms with Gasteiger partial charge in [0.05, 0.1) is 19.8 Å². The lowest BCUT2D eigenvalue weighted by molar-refractivity contribution is -0.138. The molecule has 3 N–H and O–H groups in total. The quantitative estimate of drug-likeness (QED) is 0.0358. The number of rotatable bonds is 22. The minimum Gasteiger partial charge on any atom is -0.493 e. The van der Waals surface area contributed by atoms with E-state index >= 15 is 0 Å². The average Bonchev–Trinajstić information content (AvgIpc) is 3.17. The van der Waals surface area contributed by atoms with Crippen molar-refractivity contribution in [2.45, 2.75) is 155 Å². The van der Waals surface area contributed by atoms with Crippen LogP contribution in [0.25, 0.3) is 0 Å². The molecule has 1 atom stereocenters. The van der Waals surface area contributed by atoms with Gasteiger partial charge in [0.2, 0.25) is 0 Å². The van der Waals surface area contributed by atoms with Crippen molar-refractivity contribution in [2.75, 3.05) is 33.0 Å². The van der Waals surface area contributed by atoms with Crippen molar-refractivity contribution in [3.63, 3.8) is 0 Å². The van der Waals surface area contributed by atoms with Crippen LogP contribution in [0.3, 0.4) is 0 Å². The van der Waals surface area contributed by atoms with Crippen molar-refractivity contribution in [1.29, 1.82) is 0 Å². The van der Waals surface area contributed by atoms with Gasteiger partial charge in [0.25, 0.3) is 0 Å². The van der Waals surface area contributed by atoms with E-state index in [-0.39, 0.29) is 25.7 Å². The summed E-state index contributed by atoms with van der Waals surface area (Å²) in [5.41, 5.74) is 4.20. The summed E-state index contributed by atoms with van der Waals surface area (Å²) in [4.78, 5) is 12.2. The monoisotopic (exact) mass is 739 g/mol. The van der Waals surface area contributed by atoms with Gasteiger partial charge in [-0.15, -0.1) is 0 Å². The average molecular weight is 739 g/mol. The number of unbranched alkanes of at least 4 members (excludes halogenated alkanes) is 2. The number of carbonyl (C=O) groups is 1. The fourth-order valence-electron chi connectivity index (χ4n) is 9.58. The van der Waals surface area contributed by atoms with Gasteiger partial charge in [-0.25, -0.2) is 4.79 Å². The molecule has 300 valence electrons.